The summed E-state index contributed by atoms with van der Waals surface area (Å²) >= 11 is 0. The minimum Gasteiger partial charge on any atom is -0.377 e. The normalized spacial score (nSPS) is 14.8. The number of pyridine rings is 1. The first kappa shape index (κ1) is 14.7. The summed E-state index contributed by atoms with van der Waals surface area (Å²) in [5.41, 5.74) is 3.25. The Morgan fingerprint density at radius 1 is 1.27 bits per heavy atom. The molecule has 5 heteroatoms. The number of hydrogen-bond donors (Lipinski definition) is 0. The number of hydrogen-bond acceptors (Lipinski definition) is 5. The highest BCUT2D eigenvalue weighted by Crippen LogP contribution is 2.23. The van der Waals surface area contributed by atoms with Crippen LogP contribution in [0.4, 0.5) is 5.82 Å². The van der Waals surface area contributed by atoms with Gasteiger partial charge in [-0.3, -0.25) is 4.98 Å². The van der Waals surface area contributed by atoms with Crippen LogP contribution in [-0.4, -0.2) is 35.2 Å². The Morgan fingerprint density at radius 2 is 2.18 bits per heavy atom. The number of aromatic nitrogens is 3. The van der Waals surface area contributed by atoms with Crippen molar-refractivity contribution in [2.24, 2.45) is 0 Å². The molecule has 0 atom stereocenters. The molecule has 0 unspecified atom stereocenters. The van der Waals surface area contributed by atoms with E-state index in [1.807, 2.05) is 31.3 Å². The minimum atomic E-state index is 0.436. The van der Waals surface area contributed by atoms with Gasteiger partial charge in [-0.05, 0) is 31.1 Å². The molecule has 0 amide bonds. The Hall–Kier alpha value is -2.27. The van der Waals surface area contributed by atoms with Crippen LogP contribution in [0, 0.1) is 6.92 Å². The summed E-state index contributed by atoms with van der Waals surface area (Å²) in [6, 6.07) is 8.04. The molecule has 0 saturated heterocycles. The molecule has 5 nitrogen and oxygen atoms in total. The molecule has 2 aromatic heterocycles. The third kappa shape index (κ3) is 3.31. The Morgan fingerprint density at radius 3 is 2.95 bits per heavy atom. The standard InChI is InChI=1S/C17H20N4O/c1-13-10-17(20-16(19-13)12-22-2)21-9-5-6-14(11-21)15-7-3-4-8-18-15/h3-4,6-8,10H,5,9,11-12H2,1-2H3. The van der Waals surface area contributed by atoms with E-state index in [0.29, 0.717) is 6.61 Å². The number of ether oxygens (including phenoxy) is 1. The van der Waals surface area contributed by atoms with Gasteiger partial charge in [0, 0.05) is 38.2 Å². The first-order valence-electron chi connectivity index (χ1n) is 7.45. The Bertz CT molecular complexity index is 670. The summed E-state index contributed by atoms with van der Waals surface area (Å²) in [4.78, 5) is 15.7. The van der Waals surface area contributed by atoms with E-state index >= 15 is 0 Å². The molecule has 0 N–H and O–H groups in total. The quantitative estimate of drug-likeness (QED) is 0.868. The molecule has 2 aromatic rings. The van der Waals surface area contributed by atoms with Crippen molar-refractivity contribution >= 4 is 11.4 Å². The van der Waals surface area contributed by atoms with Crippen molar-refractivity contribution in [3.8, 4) is 0 Å². The highest BCUT2D eigenvalue weighted by molar-refractivity contribution is 5.68. The summed E-state index contributed by atoms with van der Waals surface area (Å²) in [6.45, 7) is 4.20. The fourth-order valence-corrected chi connectivity index (χ4v) is 2.65. The van der Waals surface area contributed by atoms with E-state index in [-0.39, 0.29) is 0 Å². The van der Waals surface area contributed by atoms with Crippen molar-refractivity contribution in [2.75, 3.05) is 25.1 Å². The Balaban J connectivity index is 1.83. The van der Waals surface area contributed by atoms with Crippen LogP contribution in [0.25, 0.3) is 5.57 Å². The highest BCUT2D eigenvalue weighted by atomic mass is 16.5. The van der Waals surface area contributed by atoms with Crippen molar-refractivity contribution in [1.29, 1.82) is 0 Å². The van der Waals surface area contributed by atoms with Crippen LogP contribution in [0.15, 0.2) is 36.5 Å². The zero-order valence-corrected chi connectivity index (χ0v) is 13.0. The van der Waals surface area contributed by atoms with Crippen LogP contribution in [0.2, 0.25) is 0 Å². The maximum absolute atomic E-state index is 5.15. The Labute approximate surface area is 130 Å². The van der Waals surface area contributed by atoms with Crippen LogP contribution < -0.4 is 4.90 Å². The fraction of sp³-hybridized carbons (Fsp3) is 0.353. The zero-order valence-electron chi connectivity index (χ0n) is 13.0. The molecule has 1 aliphatic rings. The van der Waals surface area contributed by atoms with E-state index < -0.39 is 0 Å². The minimum absolute atomic E-state index is 0.436. The maximum Gasteiger partial charge on any atom is 0.156 e. The van der Waals surface area contributed by atoms with Gasteiger partial charge in [0.05, 0.1) is 5.69 Å². The van der Waals surface area contributed by atoms with Gasteiger partial charge < -0.3 is 9.64 Å². The van der Waals surface area contributed by atoms with E-state index in [2.05, 4.69) is 32.0 Å². The molecule has 1 aliphatic heterocycles. The van der Waals surface area contributed by atoms with Crippen molar-refractivity contribution in [1.82, 2.24) is 15.0 Å². The second-order valence-corrected chi connectivity index (χ2v) is 5.37. The number of nitrogens with zero attached hydrogens (tertiary/aromatic N) is 4. The lowest BCUT2D eigenvalue weighted by Gasteiger charge is -2.28. The van der Waals surface area contributed by atoms with Crippen LogP contribution in [-0.2, 0) is 11.3 Å². The van der Waals surface area contributed by atoms with Gasteiger partial charge in [-0.25, -0.2) is 9.97 Å². The second-order valence-electron chi connectivity index (χ2n) is 5.37. The molecular formula is C17H20N4O. The first-order chi connectivity index (χ1) is 10.8. The van der Waals surface area contributed by atoms with Crippen LogP contribution >= 0.6 is 0 Å². The third-order valence-electron chi connectivity index (χ3n) is 3.63. The molecule has 0 aromatic carbocycles. The lowest BCUT2D eigenvalue weighted by Crippen LogP contribution is -2.30. The largest absolute Gasteiger partial charge is 0.377 e. The van der Waals surface area contributed by atoms with Gasteiger partial charge in [-0.1, -0.05) is 12.1 Å². The molecular weight excluding hydrogens is 276 g/mol. The topological polar surface area (TPSA) is 51.1 Å². The van der Waals surface area contributed by atoms with Crippen LogP contribution in [0.3, 0.4) is 0 Å². The molecule has 0 fully saturated rings. The first-order valence-corrected chi connectivity index (χ1v) is 7.45. The van der Waals surface area contributed by atoms with Gasteiger partial charge >= 0.3 is 0 Å². The SMILES string of the molecule is COCc1nc(C)cc(N2CCC=C(c3ccccn3)C2)n1. The second kappa shape index (κ2) is 6.66. The maximum atomic E-state index is 5.15. The van der Waals surface area contributed by atoms with E-state index in [9.17, 15) is 0 Å². The molecule has 3 rings (SSSR count). The summed E-state index contributed by atoms with van der Waals surface area (Å²) in [5, 5.41) is 0. The fourth-order valence-electron chi connectivity index (χ4n) is 2.65. The van der Waals surface area contributed by atoms with Gasteiger partial charge in [-0.2, -0.15) is 0 Å². The molecule has 0 spiro atoms. The van der Waals surface area contributed by atoms with E-state index in [4.69, 9.17) is 4.74 Å². The summed E-state index contributed by atoms with van der Waals surface area (Å²) in [5.74, 6) is 1.69. The predicted molar refractivity (Wildman–Crippen MR) is 86.5 cm³/mol. The highest BCUT2D eigenvalue weighted by Gasteiger charge is 2.17. The number of rotatable bonds is 4. The molecule has 0 bridgehead atoms. The Kier molecular flexibility index (Phi) is 4.44. The monoisotopic (exact) mass is 296 g/mol. The zero-order chi connectivity index (χ0) is 15.4. The molecule has 3 heterocycles. The van der Waals surface area contributed by atoms with E-state index in [1.165, 1.54) is 5.57 Å². The molecule has 0 radical (unpaired) electrons. The van der Waals surface area contributed by atoms with E-state index in [1.54, 1.807) is 7.11 Å². The van der Waals surface area contributed by atoms with E-state index in [0.717, 1.165) is 42.5 Å². The average Bonchev–Trinajstić information content (AvgIpc) is 2.56. The summed E-state index contributed by atoms with van der Waals surface area (Å²) < 4.78 is 5.15. The molecule has 22 heavy (non-hydrogen) atoms. The van der Waals surface area contributed by atoms with Crippen molar-refractivity contribution in [3.63, 3.8) is 0 Å². The van der Waals surface area contributed by atoms with Gasteiger partial charge in [0.25, 0.3) is 0 Å². The number of aryl methyl sites for hydroxylation is 1. The molecule has 0 saturated carbocycles. The predicted octanol–water partition coefficient (Wildman–Crippen LogP) is 2.62. The van der Waals surface area contributed by atoms with Crippen molar-refractivity contribution in [3.05, 3.63) is 53.8 Å². The van der Waals surface area contributed by atoms with Crippen LogP contribution in [0.5, 0.6) is 0 Å². The molecule has 0 aliphatic carbocycles. The van der Waals surface area contributed by atoms with Gasteiger partial charge in [0.1, 0.15) is 12.4 Å². The summed E-state index contributed by atoms with van der Waals surface area (Å²) in [6.07, 6.45) is 5.10. The van der Waals surface area contributed by atoms with Gasteiger partial charge in [0.15, 0.2) is 5.82 Å². The smallest absolute Gasteiger partial charge is 0.156 e. The number of methoxy groups -OCH3 is 1. The lowest BCUT2D eigenvalue weighted by atomic mass is 10.1. The number of anilines is 1. The van der Waals surface area contributed by atoms with Gasteiger partial charge in [-0.15, -0.1) is 0 Å². The van der Waals surface area contributed by atoms with Crippen molar-refractivity contribution < 1.29 is 4.74 Å². The third-order valence-corrected chi connectivity index (χ3v) is 3.63. The summed E-state index contributed by atoms with van der Waals surface area (Å²) in [7, 11) is 1.66. The lowest BCUT2D eigenvalue weighted by molar-refractivity contribution is 0.177. The average molecular weight is 296 g/mol. The van der Waals surface area contributed by atoms with Crippen molar-refractivity contribution in [2.45, 2.75) is 20.0 Å². The van der Waals surface area contributed by atoms with Crippen LogP contribution in [0.1, 0.15) is 23.6 Å². The van der Waals surface area contributed by atoms with Gasteiger partial charge in [0.2, 0.25) is 0 Å². The molecule has 114 valence electrons.